The number of hydrogen-bond donors (Lipinski definition) is 1. The molecule has 2 heterocycles. The van der Waals surface area contributed by atoms with Crippen molar-refractivity contribution in [2.24, 2.45) is 0 Å². The summed E-state index contributed by atoms with van der Waals surface area (Å²) in [5, 5.41) is 0. The van der Waals surface area contributed by atoms with E-state index in [9.17, 15) is 0 Å². The van der Waals surface area contributed by atoms with E-state index in [2.05, 4.69) is 15.0 Å². The van der Waals surface area contributed by atoms with Gasteiger partial charge >= 0.3 is 0 Å². The number of aromatic nitrogens is 3. The first kappa shape index (κ1) is 11.0. The van der Waals surface area contributed by atoms with E-state index in [1.54, 1.807) is 6.20 Å². The number of oxazole rings is 1. The topological polar surface area (TPSA) is 54.7 Å². The lowest BCUT2D eigenvalue weighted by Crippen LogP contribution is -1.81. The van der Waals surface area contributed by atoms with Crippen molar-refractivity contribution in [3.63, 3.8) is 0 Å². The van der Waals surface area contributed by atoms with E-state index >= 15 is 0 Å². The average molecular weight is 261 g/mol. The van der Waals surface area contributed by atoms with E-state index in [-0.39, 0.29) is 0 Å². The molecule has 4 heteroatoms. The largest absolute Gasteiger partial charge is 0.444 e. The summed E-state index contributed by atoms with van der Waals surface area (Å²) >= 11 is 0. The molecule has 0 aliphatic heterocycles. The Hall–Kier alpha value is -2.88. The van der Waals surface area contributed by atoms with Gasteiger partial charge in [-0.1, -0.05) is 30.3 Å². The van der Waals surface area contributed by atoms with Crippen LogP contribution >= 0.6 is 0 Å². The van der Waals surface area contributed by atoms with Crippen molar-refractivity contribution in [1.82, 2.24) is 15.0 Å². The number of nitrogens with zero attached hydrogens (tertiary/aromatic N) is 2. The van der Waals surface area contributed by atoms with Crippen LogP contribution < -0.4 is 0 Å². The second-order valence-corrected chi connectivity index (χ2v) is 4.55. The Morgan fingerprint density at radius 3 is 2.70 bits per heavy atom. The highest BCUT2D eigenvalue weighted by Gasteiger charge is 2.07. The molecule has 0 bridgehead atoms. The van der Waals surface area contributed by atoms with Crippen LogP contribution in [0.4, 0.5) is 0 Å². The number of hydrogen-bond acceptors (Lipinski definition) is 3. The third-order valence-electron chi connectivity index (χ3n) is 3.24. The lowest BCUT2D eigenvalue weighted by molar-refractivity contribution is 0.572. The zero-order chi connectivity index (χ0) is 13.4. The molecule has 2 aromatic carbocycles. The maximum absolute atomic E-state index is 5.33. The van der Waals surface area contributed by atoms with Gasteiger partial charge in [0, 0.05) is 11.1 Å². The molecule has 0 spiro atoms. The standard InChI is InChI=1S/C16H11N3O/c1-2-7-14-13(6-1)18-16(19-14)12-5-3-4-11(8-12)15-9-17-10-20-15/h1-10H,(H,18,19). The van der Waals surface area contributed by atoms with Gasteiger partial charge in [-0.3, -0.25) is 0 Å². The Kier molecular flexibility index (Phi) is 2.39. The van der Waals surface area contributed by atoms with Crippen LogP contribution in [-0.4, -0.2) is 15.0 Å². The molecule has 1 N–H and O–H groups in total. The van der Waals surface area contributed by atoms with Crippen molar-refractivity contribution in [1.29, 1.82) is 0 Å². The second-order valence-electron chi connectivity index (χ2n) is 4.55. The fraction of sp³-hybridized carbons (Fsp3) is 0. The number of aromatic amines is 1. The van der Waals surface area contributed by atoms with Gasteiger partial charge in [0.25, 0.3) is 0 Å². The van der Waals surface area contributed by atoms with Gasteiger partial charge in [0.05, 0.1) is 17.2 Å². The SMILES string of the molecule is c1cc(-c2nc3ccccc3[nH]2)cc(-c2cnco2)c1. The van der Waals surface area contributed by atoms with Crippen molar-refractivity contribution in [2.75, 3.05) is 0 Å². The molecule has 0 fully saturated rings. The summed E-state index contributed by atoms with van der Waals surface area (Å²) in [4.78, 5) is 11.9. The fourth-order valence-corrected chi connectivity index (χ4v) is 2.27. The van der Waals surface area contributed by atoms with Crippen molar-refractivity contribution >= 4 is 11.0 Å². The normalized spacial score (nSPS) is 11.0. The Balaban J connectivity index is 1.84. The van der Waals surface area contributed by atoms with Crippen LogP contribution in [0.2, 0.25) is 0 Å². The maximum Gasteiger partial charge on any atom is 0.181 e. The predicted octanol–water partition coefficient (Wildman–Crippen LogP) is 3.88. The summed E-state index contributed by atoms with van der Waals surface area (Å²) in [6.07, 6.45) is 3.14. The second kappa shape index (κ2) is 4.35. The lowest BCUT2D eigenvalue weighted by atomic mass is 10.1. The number of H-pyrrole nitrogens is 1. The van der Waals surface area contributed by atoms with Crippen LogP contribution in [0.1, 0.15) is 0 Å². The molecule has 4 aromatic rings. The van der Waals surface area contributed by atoms with Crippen LogP contribution in [0.25, 0.3) is 33.7 Å². The van der Waals surface area contributed by atoms with Crippen LogP contribution in [-0.2, 0) is 0 Å². The Morgan fingerprint density at radius 1 is 0.950 bits per heavy atom. The lowest BCUT2D eigenvalue weighted by Gasteiger charge is -2.00. The molecule has 0 unspecified atom stereocenters. The van der Waals surface area contributed by atoms with Crippen molar-refractivity contribution < 1.29 is 4.42 Å². The molecule has 0 saturated carbocycles. The van der Waals surface area contributed by atoms with Crippen LogP contribution in [0, 0.1) is 0 Å². The van der Waals surface area contributed by atoms with Gasteiger partial charge in [0.15, 0.2) is 12.2 Å². The smallest absolute Gasteiger partial charge is 0.181 e. The van der Waals surface area contributed by atoms with Gasteiger partial charge in [0.1, 0.15) is 5.82 Å². The number of imidazole rings is 1. The quantitative estimate of drug-likeness (QED) is 0.595. The predicted molar refractivity (Wildman–Crippen MR) is 77.0 cm³/mol. The third-order valence-corrected chi connectivity index (χ3v) is 3.24. The minimum Gasteiger partial charge on any atom is -0.444 e. The number of fused-ring (bicyclic) bond motifs is 1. The average Bonchev–Trinajstić information content (AvgIpc) is 3.16. The molecule has 20 heavy (non-hydrogen) atoms. The molecule has 0 aliphatic carbocycles. The van der Waals surface area contributed by atoms with E-state index in [0.717, 1.165) is 33.7 Å². The summed E-state index contributed by atoms with van der Waals surface area (Å²) in [6.45, 7) is 0. The zero-order valence-electron chi connectivity index (χ0n) is 10.6. The first-order valence-electron chi connectivity index (χ1n) is 6.34. The minimum absolute atomic E-state index is 0.753. The molecule has 96 valence electrons. The Bertz CT molecular complexity index is 829. The van der Waals surface area contributed by atoms with E-state index < -0.39 is 0 Å². The minimum atomic E-state index is 0.753. The van der Waals surface area contributed by atoms with Crippen LogP contribution in [0.5, 0.6) is 0 Å². The fourth-order valence-electron chi connectivity index (χ4n) is 2.27. The number of rotatable bonds is 2. The number of nitrogens with one attached hydrogen (secondary N) is 1. The van der Waals surface area contributed by atoms with E-state index in [1.807, 2.05) is 48.5 Å². The summed E-state index contributed by atoms with van der Waals surface area (Å²) in [6, 6.07) is 16.0. The zero-order valence-corrected chi connectivity index (χ0v) is 10.6. The molecule has 0 aliphatic rings. The first-order valence-corrected chi connectivity index (χ1v) is 6.34. The number of benzene rings is 2. The van der Waals surface area contributed by atoms with Crippen molar-refractivity contribution in [2.45, 2.75) is 0 Å². The van der Waals surface area contributed by atoms with E-state index in [1.165, 1.54) is 6.39 Å². The highest BCUT2D eigenvalue weighted by molar-refractivity contribution is 5.80. The molecule has 0 saturated heterocycles. The van der Waals surface area contributed by atoms with Gasteiger partial charge in [-0.2, -0.15) is 0 Å². The summed E-state index contributed by atoms with van der Waals surface area (Å²) in [5.74, 6) is 1.61. The van der Waals surface area contributed by atoms with Crippen LogP contribution in [0.3, 0.4) is 0 Å². The van der Waals surface area contributed by atoms with Crippen LogP contribution in [0.15, 0.2) is 65.5 Å². The van der Waals surface area contributed by atoms with Gasteiger partial charge in [-0.05, 0) is 18.2 Å². The Labute approximate surface area is 115 Å². The monoisotopic (exact) mass is 261 g/mol. The van der Waals surface area contributed by atoms with Gasteiger partial charge in [-0.15, -0.1) is 0 Å². The summed E-state index contributed by atoms with van der Waals surface area (Å²) in [5.41, 5.74) is 4.01. The van der Waals surface area contributed by atoms with Crippen molar-refractivity contribution in [3.8, 4) is 22.7 Å². The molecule has 2 aromatic heterocycles. The van der Waals surface area contributed by atoms with Gasteiger partial charge in [-0.25, -0.2) is 9.97 Å². The van der Waals surface area contributed by atoms with Crippen molar-refractivity contribution in [3.05, 3.63) is 61.1 Å². The highest BCUT2D eigenvalue weighted by Crippen LogP contribution is 2.25. The van der Waals surface area contributed by atoms with E-state index in [0.29, 0.717) is 0 Å². The highest BCUT2D eigenvalue weighted by atomic mass is 16.3. The first-order chi connectivity index (χ1) is 9.90. The molecular weight excluding hydrogens is 250 g/mol. The van der Waals surface area contributed by atoms with E-state index in [4.69, 9.17) is 4.42 Å². The third kappa shape index (κ3) is 1.78. The molecule has 4 nitrogen and oxygen atoms in total. The van der Waals surface area contributed by atoms with Gasteiger partial charge < -0.3 is 9.40 Å². The molecule has 0 radical (unpaired) electrons. The molecule has 4 rings (SSSR count). The molecule has 0 amide bonds. The molecule has 0 atom stereocenters. The van der Waals surface area contributed by atoms with Gasteiger partial charge in [0.2, 0.25) is 0 Å². The Morgan fingerprint density at radius 2 is 1.85 bits per heavy atom. The summed E-state index contributed by atoms with van der Waals surface area (Å²) in [7, 11) is 0. The summed E-state index contributed by atoms with van der Waals surface area (Å²) < 4.78 is 5.33. The number of para-hydroxylation sites is 2. The maximum atomic E-state index is 5.33. The molecular formula is C16H11N3O.